The van der Waals surface area contributed by atoms with E-state index in [0.717, 1.165) is 16.5 Å². The first-order valence-corrected chi connectivity index (χ1v) is 9.88. The largest absolute Gasteiger partial charge is 0.491 e. The molecule has 3 aromatic carbocycles. The molecule has 0 aliphatic heterocycles. The highest BCUT2D eigenvalue weighted by molar-refractivity contribution is 6.31. The number of halogens is 2. The topological polar surface area (TPSA) is 67.5 Å². The summed E-state index contributed by atoms with van der Waals surface area (Å²) >= 11 is 6.12. The number of nitrogens with zero attached hydrogens (tertiary/aromatic N) is 1. The molecule has 4 aromatic rings. The van der Waals surface area contributed by atoms with E-state index in [1.807, 2.05) is 36.4 Å². The Morgan fingerprint density at radius 2 is 1.90 bits per heavy atom. The summed E-state index contributed by atoms with van der Waals surface area (Å²) in [5.74, 6) is 0.838. The number of fused-ring (bicyclic) bond motifs is 1. The summed E-state index contributed by atoms with van der Waals surface area (Å²) in [4.78, 5) is 0. The molecule has 0 saturated heterocycles. The maximum Gasteiger partial charge on any atom is 0.174 e. The van der Waals surface area contributed by atoms with Gasteiger partial charge in [-0.3, -0.25) is 0 Å². The van der Waals surface area contributed by atoms with Crippen LogP contribution >= 0.6 is 11.6 Å². The lowest BCUT2D eigenvalue weighted by atomic mass is 10.1. The number of aliphatic hydroxyl groups excluding tert-OH is 1. The van der Waals surface area contributed by atoms with E-state index < -0.39 is 6.10 Å². The Morgan fingerprint density at radius 1 is 1.10 bits per heavy atom. The van der Waals surface area contributed by atoms with Crippen LogP contribution in [-0.2, 0) is 6.54 Å². The summed E-state index contributed by atoms with van der Waals surface area (Å²) in [6.45, 7) is 1.10. The minimum atomic E-state index is -0.666. The van der Waals surface area contributed by atoms with Crippen molar-refractivity contribution in [2.75, 3.05) is 13.2 Å². The van der Waals surface area contributed by atoms with E-state index in [1.165, 1.54) is 12.1 Å². The smallest absolute Gasteiger partial charge is 0.174 e. The second-order valence-electron chi connectivity index (χ2n) is 6.88. The van der Waals surface area contributed by atoms with Crippen LogP contribution in [0, 0.1) is 5.82 Å². The number of hydrogen-bond acceptors (Lipinski definition) is 5. The Labute approximate surface area is 178 Å². The second kappa shape index (κ2) is 9.26. The lowest BCUT2D eigenvalue weighted by molar-refractivity contribution is 0.106. The molecule has 0 bridgehead atoms. The molecule has 0 amide bonds. The van der Waals surface area contributed by atoms with Crippen LogP contribution in [0.1, 0.15) is 5.56 Å². The molecule has 154 valence electrons. The monoisotopic (exact) mass is 426 g/mol. The van der Waals surface area contributed by atoms with Crippen molar-refractivity contribution in [3.63, 3.8) is 0 Å². The Balaban J connectivity index is 1.29. The van der Waals surface area contributed by atoms with Crippen molar-refractivity contribution in [1.29, 1.82) is 0 Å². The van der Waals surface area contributed by atoms with Crippen LogP contribution in [0.15, 0.2) is 71.3 Å². The Bertz CT molecular complexity index is 1130. The molecule has 0 unspecified atom stereocenters. The van der Waals surface area contributed by atoms with Gasteiger partial charge < -0.3 is 19.7 Å². The first-order valence-electron chi connectivity index (χ1n) is 9.50. The fourth-order valence-corrected chi connectivity index (χ4v) is 3.30. The average molecular weight is 427 g/mol. The SMILES string of the molecule is O[C@H](CNCc1ccccc1Cl)COc1ccc(-c2onc3cc(F)ccc23)cc1. The molecule has 30 heavy (non-hydrogen) atoms. The van der Waals surface area contributed by atoms with Crippen molar-refractivity contribution >= 4 is 22.5 Å². The van der Waals surface area contributed by atoms with Gasteiger partial charge in [-0.15, -0.1) is 0 Å². The van der Waals surface area contributed by atoms with Crippen LogP contribution in [0.5, 0.6) is 5.75 Å². The van der Waals surface area contributed by atoms with Gasteiger partial charge >= 0.3 is 0 Å². The number of ether oxygens (including phenoxy) is 1. The van der Waals surface area contributed by atoms with E-state index in [0.29, 0.717) is 35.1 Å². The highest BCUT2D eigenvalue weighted by Gasteiger charge is 2.12. The first kappa shape index (κ1) is 20.3. The molecule has 4 rings (SSSR count). The summed E-state index contributed by atoms with van der Waals surface area (Å²) in [6, 6.07) is 19.2. The molecular formula is C23H20ClFN2O3. The van der Waals surface area contributed by atoms with Crippen LogP contribution in [0.3, 0.4) is 0 Å². The van der Waals surface area contributed by atoms with Gasteiger partial charge in [0.05, 0.1) is 0 Å². The van der Waals surface area contributed by atoms with Crippen molar-refractivity contribution in [2.24, 2.45) is 0 Å². The zero-order valence-electron chi connectivity index (χ0n) is 16.0. The lowest BCUT2D eigenvalue weighted by Gasteiger charge is -2.14. The summed E-state index contributed by atoms with van der Waals surface area (Å²) in [6.07, 6.45) is -0.666. The van der Waals surface area contributed by atoms with E-state index >= 15 is 0 Å². The normalized spacial score (nSPS) is 12.2. The minimum absolute atomic E-state index is 0.152. The summed E-state index contributed by atoms with van der Waals surface area (Å²) in [7, 11) is 0. The average Bonchev–Trinajstić information content (AvgIpc) is 3.17. The van der Waals surface area contributed by atoms with Crippen molar-refractivity contribution in [3.05, 3.63) is 83.1 Å². The number of nitrogens with one attached hydrogen (secondary N) is 1. The number of aliphatic hydroxyl groups is 1. The predicted octanol–water partition coefficient (Wildman–Crippen LogP) is 4.82. The molecule has 1 atom stereocenters. The van der Waals surface area contributed by atoms with Crippen LogP contribution in [0.25, 0.3) is 22.2 Å². The molecule has 7 heteroatoms. The van der Waals surface area contributed by atoms with Gasteiger partial charge in [0, 0.05) is 35.1 Å². The van der Waals surface area contributed by atoms with Crippen LogP contribution < -0.4 is 10.1 Å². The maximum atomic E-state index is 13.3. The molecule has 0 radical (unpaired) electrons. The highest BCUT2D eigenvalue weighted by atomic mass is 35.5. The van der Waals surface area contributed by atoms with Gasteiger partial charge in [0.2, 0.25) is 0 Å². The Hall–Kier alpha value is -2.93. The van der Waals surface area contributed by atoms with Gasteiger partial charge in [0.15, 0.2) is 5.76 Å². The summed E-state index contributed by atoms with van der Waals surface area (Å²) in [5, 5.41) is 18.6. The number of hydrogen-bond donors (Lipinski definition) is 2. The fraction of sp³-hybridized carbons (Fsp3) is 0.174. The van der Waals surface area contributed by atoms with Gasteiger partial charge in [-0.05, 0) is 48.0 Å². The molecule has 2 N–H and O–H groups in total. The molecule has 1 heterocycles. The number of benzene rings is 3. The molecular weight excluding hydrogens is 407 g/mol. The third kappa shape index (κ3) is 4.79. The molecule has 0 aliphatic carbocycles. The first-order chi connectivity index (χ1) is 14.6. The molecule has 1 aromatic heterocycles. The Morgan fingerprint density at radius 3 is 2.70 bits per heavy atom. The Kier molecular flexibility index (Phi) is 6.28. The van der Waals surface area contributed by atoms with E-state index in [4.69, 9.17) is 20.9 Å². The van der Waals surface area contributed by atoms with Crippen LogP contribution in [0.4, 0.5) is 4.39 Å². The lowest BCUT2D eigenvalue weighted by Crippen LogP contribution is -2.31. The standard InChI is InChI=1S/C23H20ClFN2O3/c24-21-4-2-1-3-16(21)12-26-13-18(28)14-29-19-8-5-15(6-9-19)23-20-10-7-17(25)11-22(20)27-30-23/h1-11,18,26,28H,12-14H2/t18-/m1/s1. The third-order valence-electron chi connectivity index (χ3n) is 4.65. The van der Waals surface area contributed by atoms with E-state index in [9.17, 15) is 9.50 Å². The number of aromatic nitrogens is 1. The predicted molar refractivity (Wildman–Crippen MR) is 114 cm³/mol. The second-order valence-corrected chi connectivity index (χ2v) is 7.29. The molecule has 0 spiro atoms. The molecule has 0 aliphatic rings. The van der Waals surface area contributed by atoms with Gasteiger partial charge in [-0.1, -0.05) is 35.0 Å². The maximum absolute atomic E-state index is 13.3. The zero-order valence-corrected chi connectivity index (χ0v) is 16.8. The van der Waals surface area contributed by atoms with Crippen molar-refractivity contribution in [2.45, 2.75) is 12.6 Å². The molecule has 0 fully saturated rings. The van der Waals surface area contributed by atoms with E-state index in [-0.39, 0.29) is 12.4 Å². The quantitative estimate of drug-likeness (QED) is 0.423. The van der Waals surface area contributed by atoms with Crippen molar-refractivity contribution in [1.82, 2.24) is 10.5 Å². The van der Waals surface area contributed by atoms with Gasteiger partial charge in [0.1, 0.15) is 29.8 Å². The van der Waals surface area contributed by atoms with Gasteiger partial charge in [0.25, 0.3) is 0 Å². The van der Waals surface area contributed by atoms with Crippen LogP contribution in [0.2, 0.25) is 5.02 Å². The zero-order chi connectivity index (χ0) is 20.9. The summed E-state index contributed by atoms with van der Waals surface area (Å²) in [5.41, 5.74) is 2.25. The third-order valence-corrected chi connectivity index (χ3v) is 5.02. The fourth-order valence-electron chi connectivity index (χ4n) is 3.09. The molecule has 5 nitrogen and oxygen atoms in total. The van der Waals surface area contributed by atoms with E-state index in [2.05, 4.69) is 10.5 Å². The summed E-state index contributed by atoms with van der Waals surface area (Å²) < 4.78 is 24.3. The van der Waals surface area contributed by atoms with E-state index in [1.54, 1.807) is 18.2 Å². The van der Waals surface area contributed by atoms with Crippen molar-refractivity contribution < 1.29 is 18.8 Å². The van der Waals surface area contributed by atoms with Gasteiger partial charge in [-0.2, -0.15) is 0 Å². The number of rotatable bonds is 8. The van der Waals surface area contributed by atoms with Crippen molar-refractivity contribution in [3.8, 4) is 17.1 Å². The van der Waals surface area contributed by atoms with Crippen LogP contribution in [-0.4, -0.2) is 29.5 Å². The minimum Gasteiger partial charge on any atom is -0.491 e. The van der Waals surface area contributed by atoms with Gasteiger partial charge in [-0.25, -0.2) is 4.39 Å². The highest BCUT2D eigenvalue weighted by Crippen LogP contribution is 2.30. The molecule has 0 saturated carbocycles.